The molecular formula is C12H17N3O5. The molecule has 0 saturated heterocycles. The molecule has 8 nitrogen and oxygen atoms in total. The second-order valence-corrected chi connectivity index (χ2v) is 4.11. The molecule has 1 aromatic carbocycles. The van der Waals surface area contributed by atoms with Crippen LogP contribution < -0.4 is 21.7 Å². The normalized spacial score (nSPS) is 13.4. The lowest BCUT2D eigenvalue weighted by Gasteiger charge is -2.20. The largest absolute Gasteiger partial charge is 0.497 e. The van der Waals surface area contributed by atoms with Crippen LogP contribution in [0.4, 0.5) is 0 Å². The first-order chi connectivity index (χ1) is 9.40. The zero-order valence-electron chi connectivity index (χ0n) is 10.9. The molecule has 1 rings (SSSR count). The van der Waals surface area contributed by atoms with Crippen LogP contribution in [0.25, 0.3) is 0 Å². The number of nitrogens with one attached hydrogen (secondary N) is 1. The fourth-order valence-corrected chi connectivity index (χ4v) is 1.72. The smallest absolute Gasteiger partial charge is 0.265 e. The molecule has 110 valence electrons. The molecule has 0 aliphatic rings. The third kappa shape index (κ3) is 3.67. The minimum Gasteiger partial charge on any atom is -0.497 e. The monoisotopic (exact) mass is 283 g/mol. The Balaban J connectivity index is 3.15. The molecule has 2 unspecified atom stereocenters. The van der Waals surface area contributed by atoms with E-state index < -0.39 is 30.4 Å². The number of hydrogen-bond donors (Lipinski definition) is 5. The van der Waals surface area contributed by atoms with E-state index in [-0.39, 0.29) is 11.1 Å². The van der Waals surface area contributed by atoms with Crippen LogP contribution in [0.2, 0.25) is 0 Å². The van der Waals surface area contributed by atoms with Gasteiger partial charge in [-0.3, -0.25) is 15.0 Å². The van der Waals surface area contributed by atoms with E-state index in [1.54, 1.807) is 0 Å². The van der Waals surface area contributed by atoms with Gasteiger partial charge in [0.2, 0.25) is 5.91 Å². The van der Waals surface area contributed by atoms with Gasteiger partial charge in [0.15, 0.2) is 0 Å². The molecule has 7 N–H and O–H groups in total. The van der Waals surface area contributed by atoms with Crippen LogP contribution in [0.15, 0.2) is 18.2 Å². The Bertz CT molecular complexity index is 506. The predicted octanol–water partition coefficient (Wildman–Crippen LogP) is -1.43. The molecule has 0 fully saturated rings. The molecule has 2 amide bonds. The molecule has 0 aliphatic heterocycles. The summed E-state index contributed by atoms with van der Waals surface area (Å²) in [5.41, 5.74) is 7.02. The number of ether oxygens (including phenoxy) is 1. The average Bonchev–Trinajstić information content (AvgIpc) is 2.44. The maximum Gasteiger partial charge on any atom is 0.265 e. The number of methoxy groups -OCH3 is 1. The molecule has 20 heavy (non-hydrogen) atoms. The van der Waals surface area contributed by atoms with Gasteiger partial charge in [-0.1, -0.05) is 6.07 Å². The minimum absolute atomic E-state index is 0.0304. The van der Waals surface area contributed by atoms with Crippen LogP contribution in [-0.2, 0) is 4.79 Å². The lowest BCUT2D eigenvalue weighted by molar-refractivity contribution is -0.121. The van der Waals surface area contributed by atoms with Gasteiger partial charge >= 0.3 is 0 Å². The van der Waals surface area contributed by atoms with Crippen LogP contribution in [0.3, 0.4) is 0 Å². The number of hydrazine groups is 1. The molecule has 8 heteroatoms. The quantitative estimate of drug-likeness (QED) is 0.245. The highest BCUT2D eigenvalue weighted by molar-refractivity contribution is 5.95. The second kappa shape index (κ2) is 6.85. The molecule has 0 heterocycles. The van der Waals surface area contributed by atoms with Crippen molar-refractivity contribution in [3.8, 4) is 5.75 Å². The van der Waals surface area contributed by atoms with E-state index in [0.29, 0.717) is 5.75 Å². The summed E-state index contributed by atoms with van der Waals surface area (Å²) < 4.78 is 4.97. The Labute approximate surface area is 115 Å². The number of nitrogens with two attached hydrogens (primary N) is 2. The van der Waals surface area contributed by atoms with E-state index in [1.807, 2.05) is 5.43 Å². The third-order valence-electron chi connectivity index (χ3n) is 2.73. The van der Waals surface area contributed by atoms with Gasteiger partial charge in [-0.15, -0.1) is 0 Å². The summed E-state index contributed by atoms with van der Waals surface area (Å²) in [6, 6.07) is 4.26. The van der Waals surface area contributed by atoms with E-state index >= 15 is 0 Å². The number of carbonyl (C=O) groups is 2. The molecular weight excluding hydrogens is 266 g/mol. The summed E-state index contributed by atoms with van der Waals surface area (Å²) in [7, 11) is 1.41. The zero-order valence-corrected chi connectivity index (χ0v) is 10.9. The van der Waals surface area contributed by atoms with Crippen molar-refractivity contribution in [2.75, 3.05) is 7.11 Å². The van der Waals surface area contributed by atoms with Crippen molar-refractivity contribution in [3.05, 3.63) is 29.3 Å². The summed E-state index contributed by atoms with van der Waals surface area (Å²) in [4.78, 5) is 22.4. The SMILES string of the molecule is COc1ccc(C(O)C(O)CC(N)=O)c(C(=O)NN)c1. The zero-order chi connectivity index (χ0) is 15.3. The predicted molar refractivity (Wildman–Crippen MR) is 69.4 cm³/mol. The van der Waals surface area contributed by atoms with Crippen LogP contribution >= 0.6 is 0 Å². The molecule has 0 saturated carbocycles. The van der Waals surface area contributed by atoms with Crippen molar-refractivity contribution in [2.45, 2.75) is 18.6 Å². The highest BCUT2D eigenvalue weighted by Crippen LogP contribution is 2.26. The number of rotatable bonds is 6. The number of amides is 2. The first-order valence-corrected chi connectivity index (χ1v) is 5.74. The van der Waals surface area contributed by atoms with Gasteiger partial charge in [-0.2, -0.15) is 0 Å². The Morgan fingerprint density at radius 3 is 2.55 bits per heavy atom. The molecule has 0 aromatic heterocycles. The van der Waals surface area contributed by atoms with Crippen molar-refractivity contribution in [2.24, 2.45) is 11.6 Å². The van der Waals surface area contributed by atoms with E-state index in [9.17, 15) is 19.8 Å². The fourth-order valence-electron chi connectivity index (χ4n) is 1.72. The summed E-state index contributed by atoms with van der Waals surface area (Å²) in [5.74, 6) is 4.01. The average molecular weight is 283 g/mol. The second-order valence-electron chi connectivity index (χ2n) is 4.11. The standard InChI is InChI=1S/C12H17N3O5/c1-20-6-2-3-7(8(4-6)12(19)15-14)11(18)9(16)5-10(13)17/h2-4,9,11,16,18H,5,14H2,1H3,(H2,13,17)(H,15,19). The van der Waals surface area contributed by atoms with E-state index in [4.69, 9.17) is 16.3 Å². The van der Waals surface area contributed by atoms with Crippen molar-refractivity contribution < 1.29 is 24.5 Å². The van der Waals surface area contributed by atoms with Gasteiger partial charge in [-0.25, -0.2) is 5.84 Å². The van der Waals surface area contributed by atoms with Gasteiger partial charge in [0.25, 0.3) is 5.91 Å². The van der Waals surface area contributed by atoms with Crippen LogP contribution in [0.5, 0.6) is 5.75 Å². The molecule has 0 radical (unpaired) electrons. The lowest BCUT2D eigenvalue weighted by atomic mass is 9.96. The Morgan fingerprint density at radius 2 is 2.05 bits per heavy atom. The summed E-state index contributed by atoms with van der Waals surface area (Å²) in [5, 5.41) is 19.7. The number of benzene rings is 1. The van der Waals surface area contributed by atoms with Gasteiger partial charge in [0.05, 0.1) is 25.2 Å². The Hall–Kier alpha value is -2.16. The van der Waals surface area contributed by atoms with Crippen molar-refractivity contribution in [1.82, 2.24) is 5.43 Å². The Morgan fingerprint density at radius 1 is 1.40 bits per heavy atom. The Kier molecular flexibility index (Phi) is 5.44. The van der Waals surface area contributed by atoms with Gasteiger partial charge in [0, 0.05) is 0 Å². The summed E-state index contributed by atoms with van der Waals surface area (Å²) in [6.07, 6.45) is -3.32. The van der Waals surface area contributed by atoms with Crippen molar-refractivity contribution >= 4 is 11.8 Å². The van der Waals surface area contributed by atoms with Gasteiger partial charge in [-0.05, 0) is 17.7 Å². The van der Waals surface area contributed by atoms with E-state index in [0.717, 1.165) is 0 Å². The first kappa shape index (κ1) is 15.9. The van der Waals surface area contributed by atoms with Crippen LogP contribution in [-0.4, -0.2) is 35.2 Å². The maximum absolute atomic E-state index is 11.7. The maximum atomic E-state index is 11.7. The molecule has 2 atom stereocenters. The van der Waals surface area contributed by atoms with Crippen molar-refractivity contribution in [1.29, 1.82) is 0 Å². The fraction of sp³-hybridized carbons (Fsp3) is 0.333. The molecule has 0 aliphatic carbocycles. The summed E-state index contributed by atoms with van der Waals surface area (Å²) in [6.45, 7) is 0. The van der Waals surface area contributed by atoms with Gasteiger partial charge in [0.1, 0.15) is 11.9 Å². The van der Waals surface area contributed by atoms with Crippen LogP contribution in [0.1, 0.15) is 28.4 Å². The number of carbonyl (C=O) groups excluding carboxylic acids is 2. The number of hydrogen-bond acceptors (Lipinski definition) is 6. The lowest BCUT2D eigenvalue weighted by Crippen LogP contribution is -2.32. The van der Waals surface area contributed by atoms with Gasteiger partial charge < -0.3 is 20.7 Å². The number of aliphatic hydroxyl groups is 2. The topological polar surface area (TPSA) is 148 Å². The molecule has 1 aromatic rings. The highest BCUT2D eigenvalue weighted by atomic mass is 16.5. The minimum atomic E-state index is -1.46. The van der Waals surface area contributed by atoms with E-state index in [2.05, 4.69) is 0 Å². The number of primary amides is 1. The van der Waals surface area contributed by atoms with Crippen molar-refractivity contribution in [3.63, 3.8) is 0 Å². The number of aliphatic hydroxyl groups excluding tert-OH is 2. The first-order valence-electron chi connectivity index (χ1n) is 5.74. The molecule has 0 bridgehead atoms. The molecule has 0 spiro atoms. The number of nitrogen functional groups attached to an aromatic ring is 1. The highest BCUT2D eigenvalue weighted by Gasteiger charge is 2.25. The summed E-state index contributed by atoms with van der Waals surface area (Å²) >= 11 is 0. The van der Waals surface area contributed by atoms with E-state index in [1.165, 1.54) is 25.3 Å². The van der Waals surface area contributed by atoms with Crippen LogP contribution in [0, 0.1) is 0 Å². The third-order valence-corrected chi connectivity index (χ3v) is 2.73.